The molecule has 2 nitrogen and oxygen atoms in total. The molecular formula is C18H18O2. The van der Waals surface area contributed by atoms with Crippen molar-refractivity contribution in [1.29, 1.82) is 0 Å². The number of ether oxygens (including phenoxy) is 1. The lowest BCUT2D eigenvalue weighted by atomic mass is 9.88. The average Bonchev–Trinajstić information content (AvgIpc) is 2.50. The molecule has 0 aliphatic carbocycles. The van der Waals surface area contributed by atoms with Crippen molar-refractivity contribution in [2.75, 3.05) is 6.61 Å². The summed E-state index contributed by atoms with van der Waals surface area (Å²) in [5.41, 5.74) is 1.98. The van der Waals surface area contributed by atoms with Crippen molar-refractivity contribution in [2.45, 2.75) is 12.8 Å². The van der Waals surface area contributed by atoms with Gasteiger partial charge in [0.05, 0.1) is 18.8 Å². The second-order valence-electron chi connectivity index (χ2n) is 4.41. The number of rotatable bonds is 6. The molecule has 102 valence electrons. The number of carbonyl (C=O) groups excluding carboxylic acids is 1. The molecule has 0 saturated carbocycles. The van der Waals surface area contributed by atoms with Gasteiger partial charge < -0.3 is 4.74 Å². The predicted molar refractivity (Wildman–Crippen MR) is 80.5 cm³/mol. The third-order valence-electron chi connectivity index (χ3n) is 3.05. The van der Waals surface area contributed by atoms with E-state index in [1.54, 1.807) is 0 Å². The highest BCUT2D eigenvalue weighted by Gasteiger charge is 2.20. The van der Waals surface area contributed by atoms with E-state index in [2.05, 4.69) is 0 Å². The first kappa shape index (κ1) is 14.1. The van der Waals surface area contributed by atoms with Crippen molar-refractivity contribution >= 4 is 5.78 Å². The molecule has 0 amide bonds. The summed E-state index contributed by atoms with van der Waals surface area (Å²) < 4.78 is 5.12. The Labute approximate surface area is 119 Å². The molecule has 20 heavy (non-hydrogen) atoms. The highest BCUT2D eigenvalue weighted by atomic mass is 16.5. The van der Waals surface area contributed by atoms with Gasteiger partial charge in [-0.25, -0.2) is 0 Å². The normalized spacial score (nSPS) is 10.9. The Hall–Kier alpha value is -2.35. The van der Waals surface area contributed by atoms with Crippen molar-refractivity contribution in [2.24, 2.45) is 0 Å². The Kier molecular flexibility index (Phi) is 5.13. The van der Waals surface area contributed by atoms with Crippen LogP contribution in [0.25, 0.3) is 0 Å². The summed E-state index contributed by atoms with van der Waals surface area (Å²) in [7, 11) is 0. The maximum absolute atomic E-state index is 12.5. The Morgan fingerprint density at radius 1 is 1.00 bits per heavy atom. The van der Waals surface area contributed by atoms with Crippen LogP contribution in [0, 0.1) is 0 Å². The third kappa shape index (κ3) is 3.58. The minimum atomic E-state index is -0.283. The van der Waals surface area contributed by atoms with Gasteiger partial charge >= 0.3 is 0 Å². The molecule has 0 heterocycles. The first-order chi connectivity index (χ1) is 9.83. The van der Waals surface area contributed by atoms with Crippen LogP contribution in [0.4, 0.5) is 0 Å². The second kappa shape index (κ2) is 7.29. The number of allylic oxidation sites excluding steroid dienone is 1. The molecule has 2 aromatic rings. The lowest BCUT2D eigenvalue weighted by Crippen LogP contribution is -2.11. The van der Waals surface area contributed by atoms with Crippen molar-refractivity contribution in [3.05, 3.63) is 84.1 Å². The van der Waals surface area contributed by atoms with E-state index in [1.165, 1.54) is 12.3 Å². The molecule has 2 rings (SSSR count). The third-order valence-corrected chi connectivity index (χ3v) is 3.05. The molecule has 0 saturated heterocycles. The van der Waals surface area contributed by atoms with E-state index in [0.717, 1.165) is 11.1 Å². The number of carbonyl (C=O) groups is 1. The van der Waals surface area contributed by atoms with E-state index in [-0.39, 0.29) is 11.7 Å². The molecule has 0 unspecified atom stereocenters. The van der Waals surface area contributed by atoms with Crippen molar-refractivity contribution in [1.82, 2.24) is 0 Å². The minimum absolute atomic E-state index is 0.0239. The van der Waals surface area contributed by atoms with Crippen LogP contribution < -0.4 is 0 Å². The maximum Gasteiger partial charge on any atom is 0.170 e. The molecule has 0 aliphatic rings. The highest BCUT2D eigenvalue weighted by Crippen LogP contribution is 2.25. The Morgan fingerprint density at radius 3 is 1.95 bits per heavy atom. The number of ketones is 1. The fourth-order valence-corrected chi connectivity index (χ4v) is 2.12. The van der Waals surface area contributed by atoms with E-state index >= 15 is 0 Å². The predicted octanol–water partition coefficient (Wildman–Crippen LogP) is 3.94. The molecule has 0 aliphatic heterocycles. The second-order valence-corrected chi connectivity index (χ2v) is 4.41. The van der Waals surface area contributed by atoms with Gasteiger partial charge in [-0.1, -0.05) is 60.7 Å². The van der Waals surface area contributed by atoms with Gasteiger partial charge in [0.25, 0.3) is 0 Å². The lowest BCUT2D eigenvalue weighted by Gasteiger charge is -2.15. The smallest absolute Gasteiger partial charge is 0.170 e. The number of benzene rings is 2. The van der Waals surface area contributed by atoms with Crippen LogP contribution >= 0.6 is 0 Å². The Balaban J connectivity index is 2.33. The summed E-state index contributed by atoms with van der Waals surface area (Å²) in [5.74, 6) is -0.259. The van der Waals surface area contributed by atoms with Gasteiger partial charge in [-0.05, 0) is 18.1 Å². The average molecular weight is 266 g/mol. The zero-order valence-corrected chi connectivity index (χ0v) is 11.5. The molecule has 0 bridgehead atoms. The van der Waals surface area contributed by atoms with Gasteiger partial charge in [0.2, 0.25) is 0 Å². The summed E-state index contributed by atoms with van der Waals surface area (Å²) in [6.07, 6.45) is 2.98. The summed E-state index contributed by atoms with van der Waals surface area (Å²) in [6, 6.07) is 19.6. The van der Waals surface area contributed by atoms with Crippen LogP contribution in [-0.4, -0.2) is 12.4 Å². The van der Waals surface area contributed by atoms with Crippen molar-refractivity contribution in [3.63, 3.8) is 0 Å². The van der Waals surface area contributed by atoms with Crippen LogP contribution in [-0.2, 0) is 9.53 Å². The van der Waals surface area contributed by atoms with E-state index in [1.807, 2.05) is 67.6 Å². The molecule has 0 aromatic heterocycles. The first-order valence-electron chi connectivity index (χ1n) is 6.75. The molecule has 0 radical (unpaired) electrons. The maximum atomic E-state index is 12.5. The van der Waals surface area contributed by atoms with Gasteiger partial charge in [-0.3, -0.25) is 4.79 Å². The first-order valence-corrected chi connectivity index (χ1v) is 6.75. The molecule has 0 spiro atoms. The largest absolute Gasteiger partial charge is 0.501 e. The van der Waals surface area contributed by atoms with Gasteiger partial charge in [-0.2, -0.15) is 0 Å². The Bertz CT molecular complexity index is 519. The van der Waals surface area contributed by atoms with Crippen molar-refractivity contribution < 1.29 is 9.53 Å². The summed E-state index contributed by atoms with van der Waals surface area (Å²) in [5, 5.41) is 0. The number of hydrogen-bond donors (Lipinski definition) is 0. The van der Waals surface area contributed by atoms with Crippen LogP contribution in [0.5, 0.6) is 0 Å². The molecule has 0 N–H and O–H groups in total. The molecule has 2 aromatic carbocycles. The van der Waals surface area contributed by atoms with E-state index < -0.39 is 0 Å². The zero-order chi connectivity index (χ0) is 14.2. The van der Waals surface area contributed by atoms with E-state index in [0.29, 0.717) is 6.61 Å². The van der Waals surface area contributed by atoms with Crippen LogP contribution in [0.3, 0.4) is 0 Å². The van der Waals surface area contributed by atoms with Crippen molar-refractivity contribution in [3.8, 4) is 0 Å². The monoisotopic (exact) mass is 266 g/mol. The van der Waals surface area contributed by atoms with Gasteiger partial charge in [0.15, 0.2) is 5.78 Å². The SMILES string of the molecule is CCO/C=C/C(=O)C(c1ccccc1)c1ccccc1. The summed E-state index contributed by atoms with van der Waals surface area (Å²) in [6.45, 7) is 2.45. The molecule has 2 heteroatoms. The van der Waals surface area contributed by atoms with E-state index in [9.17, 15) is 4.79 Å². The summed E-state index contributed by atoms with van der Waals surface area (Å²) in [4.78, 5) is 12.5. The Morgan fingerprint density at radius 2 is 1.50 bits per heavy atom. The van der Waals surface area contributed by atoms with Crippen LogP contribution in [0.2, 0.25) is 0 Å². The lowest BCUT2D eigenvalue weighted by molar-refractivity contribution is -0.115. The molecule has 0 atom stereocenters. The topological polar surface area (TPSA) is 26.3 Å². The highest BCUT2D eigenvalue weighted by molar-refractivity contribution is 5.97. The zero-order valence-electron chi connectivity index (χ0n) is 11.5. The molecular weight excluding hydrogens is 248 g/mol. The fourth-order valence-electron chi connectivity index (χ4n) is 2.12. The number of hydrogen-bond acceptors (Lipinski definition) is 2. The van der Waals surface area contributed by atoms with Gasteiger partial charge in [0.1, 0.15) is 0 Å². The fraction of sp³-hybridized carbons (Fsp3) is 0.167. The van der Waals surface area contributed by atoms with Gasteiger partial charge in [0, 0.05) is 6.08 Å². The quantitative estimate of drug-likeness (QED) is 0.585. The summed E-state index contributed by atoms with van der Waals surface area (Å²) >= 11 is 0. The molecule has 0 fully saturated rings. The minimum Gasteiger partial charge on any atom is -0.501 e. The standard InChI is InChI=1S/C18H18O2/c1-2-20-14-13-17(19)18(15-9-5-3-6-10-15)16-11-7-4-8-12-16/h3-14,18H,2H2,1H3/b14-13+. The van der Waals surface area contributed by atoms with Gasteiger partial charge in [-0.15, -0.1) is 0 Å². The van der Waals surface area contributed by atoms with Crippen LogP contribution in [0.1, 0.15) is 24.0 Å². The van der Waals surface area contributed by atoms with E-state index in [4.69, 9.17) is 4.74 Å². The van der Waals surface area contributed by atoms with Crippen LogP contribution in [0.15, 0.2) is 73.0 Å².